The van der Waals surface area contributed by atoms with Gasteiger partial charge in [-0.25, -0.2) is 14.4 Å². The molecule has 0 aliphatic carbocycles. The van der Waals surface area contributed by atoms with Crippen molar-refractivity contribution >= 4 is 35.6 Å². The number of hydrogen-bond acceptors (Lipinski definition) is 13. The lowest BCUT2D eigenvalue weighted by Crippen LogP contribution is -2.14. The lowest BCUT2D eigenvalue weighted by molar-refractivity contribution is -0.145. The molecule has 0 aromatic heterocycles. The quantitative estimate of drug-likeness (QED) is 0.0298. The lowest BCUT2D eigenvalue weighted by atomic mass is 10.0. The van der Waals surface area contributed by atoms with Gasteiger partial charge in [-0.1, -0.05) is 65.2 Å². The fourth-order valence-corrected chi connectivity index (χ4v) is 5.06. The largest absolute Gasteiger partial charge is 0.466 e. The summed E-state index contributed by atoms with van der Waals surface area (Å²) in [5.74, 6) is -2.13. The first kappa shape index (κ1) is 51.4. The molecule has 0 fully saturated rings. The van der Waals surface area contributed by atoms with Crippen molar-refractivity contribution in [2.45, 2.75) is 155 Å². The highest BCUT2D eigenvalue weighted by atomic mass is 16.6. The summed E-state index contributed by atoms with van der Waals surface area (Å²) in [5, 5.41) is 9.08. The molecule has 0 aliphatic heterocycles. The molecule has 0 radical (unpaired) electrons. The highest BCUT2D eigenvalue weighted by Gasteiger charge is 2.11. The summed E-state index contributed by atoms with van der Waals surface area (Å²) in [6.45, 7) is 8.46. The zero-order valence-electron chi connectivity index (χ0n) is 34.2. The molecule has 0 aromatic rings. The molecule has 0 amide bonds. The van der Waals surface area contributed by atoms with Crippen molar-refractivity contribution in [3.63, 3.8) is 0 Å². The molecular weight excluding hydrogens is 712 g/mol. The van der Waals surface area contributed by atoms with Crippen molar-refractivity contribution in [1.29, 1.82) is 0 Å². The van der Waals surface area contributed by atoms with E-state index < -0.39 is 24.0 Å². The predicted octanol–water partition coefficient (Wildman–Crippen LogP) is 7.09. The molecule has 316 valence electrons. The van der Waals surface area contributed by atoms with Crippen LogP contribution in [0.5, 0.6) is 0 Å². The second-order valence-electron chi connectivity index (χ2n) is 14.4. The van der Waals surface area contributed by atoms with E-state index in [0.717, 1.165) is 69.6 Å². The Bertz CT molecular complexity index is 1130. The Balaban J connectivity index is 3.61. The van der Waals surface area contributed by atoms with Crippen LogP contribution in [0.4, 0.5) is 0 Å². The minimum atomic E-state index is -0.780. The van der Waals surface area contributed by atoms with Gasteiger partial charge in [-0.3, -0.25) is 14.4 Å². The van der Waals surface area contributed by atoms with Crippen molar-refractivity contribution in [3.8, 4) is 0 Å². The highest BCUT2D eigenvalue weighted by molar-refractivity contribution is 5.95. The van der Waals surface area contributed by atoms with Crippen LogP contribution >= 0.6 is 0 Å². The van der Waals surface area contributed by atoms with Gasteiger partial charge >= 0.3 is 29.8 Å². The zero-order valence-corrected chi connectivity index (χ0v) is 34.2. The summed E-state index contributed by atoms with van der Waals surface area (Å²) in [6, 6.07) is 0. The van der Waals surface area contributed by atoms with E-state index in [1.54, 1.807) is 7.11 Å². The van der Waals surface area contributed by atoms with Crippen molar-refractivity contribution in [2.24, 2.45) is 11.8 Å². The number of allylic oxidation sites excluding steroid dienone is 1. The fraction of sp³-hybridized carbons (Fsp3) is 0.762. The van der Waals surface area contributed by atoms with E-state index >= 15 is 0 Å². The Morgan fingerprint density at radius 1 is 0.473 bits per heavy atom. The number of ketones is 1. The molecular formula is C42H70O13. The summed E-state index contributed by atoms with van der Waals surface area (Å²) in [7, 11) is 1.59. The van der Waals surface area contributed by atoms with Crippen LogP contribution in [-0.2, 0) is 57.2 Å². The van der Waals surface area contributed by atoms with Crippen molar-refractivity contribution in [2.75, 3.05) is 40.1 Å². The second kappa shape index (κ2) is 34.9. The van der Waals surface area contributed by atoms with Crippen LogP contribution in [0.1, 0.15) is 143 Å². The van der Waals surface area contributed by atoms with Gasteiger partial charge in [-0.05, 0) is 76.7 Å². The van der Waals surface area contributed by atoms with Gasteiger partial charge in [0.2, 0.25) is 0 Å². The number of carbonyl (C=O) groups is 6. The normalized spacial score (nSPS) is 13.6. The van der Waals surface area contributed by atoms with Crippen molar-refractivity contribution < 1.29 is 62.3 Å². The predicted molar refractivity (Wildman–Crippen MR) is 208 cm³/mol. The highest BCUT2D eigenvalue weighted by Crippen LogP contribution is 2.14. The van der Waals surface area contributed by atoms with Crippen LogP contribution in [0.2, 0.25) is 0 Å². The van der Waals surface area contributed by atoms with E-state index in [2.05, 4.69) is 0 Å². The molecule has 0 spiro atoms. The topological polar surface area (TPSA) is 178 Å². The third kappa shape index (κ3) is 35.9. The summed E-state index contributed by atoms with van der Waals surface area (Å²) >= 11 is 0. The SMILES string of the molecule is COC(C)CCC(=O)/C=C/C(=O)OCCC(C)CCC(=O)OCCCCCCCCCCCCOC(=O)CCC(C)CCOC(=O)/C=C/C(=O)OCC(C)O. The van der Waals surface area contributed by atoms with E-state index in [1.807, 2.05) is 20.8 Å². The van der Waals surface area contributed by atoms with Crippen molar-refractivity contribution in [1.82, 2.24) is 0 Å². The van der Waals surface area contributed by atoms with Crippen molar-refractivity contribution in [3.05, 3.63) is 24.3 Å². The Morgan fingerprint density at radius 3 is 1.29 bits per heavy atom. The van der Waals surface area contributed by atoms with Gasteiger partial charge in [-0.15, -0.1) is 0 Å². The maximum atomic E-state index is 12.1. The minimum Gasteiger partial charge on any atom is -0.466 e. The third-order valence-electron chi connectivity index (χ3n) is 8.88. The fourth-order valence-electron chi connectivity index (χ4n) is 5.06. The van der Waals surface area contributed by atoms with Crippen LogP contribution < -0.4 is 0 Å². The first-order valence-electron chi connectivity index (χ1n) is 20.2. The van der Waals surface area contributed by atoms with Crippen LogP contribution in [0.25, 0.3) is 0 Å². The molecule has 13 heteroatoms. The van der Waals surface area contributed by atoms with E-state index in [9.17, 15) is 28.8 Å². The number of rotatable bonds is 35. The van der Waals surface area contributed by atoms with E-state index in [0.29, 0.717) is 64.6 Å². The number of unbranched alkanes of at least 4 members (excludes halogenated alkanes) is 9. The molecule has 1 N–H and O–H groups in total. The van der Waals surface area contributed by atoms with E-state index in [4.69, 9.17) is 33.5 Å². The first-order valence-corrected chi connectivity index (χ1v) is 20.2. The average molecular weight is 783 g/mol. The van der Waals surface area contributed by atoms with Gasteiger partial charge in [0.25, 0.3) is 0 Å². The first-order chi connectivity index (χ1) is 26.3. The van der Waals surface area contributed by atoms with Gasteiger partial charge in [0, 0.05) is 44.6 Å². The Hall–Kier alpha value is -3.58. The van der Waals surface area contributed by atoms with Crippen LogP contribution in [0, 0.1) is 11.8 Å². The number of esters is 5. The number of carbonyl (C=O) groups excluding carboxylic acids is 6. The Morgan fingerprint density at radius 2 is 0.873 bits per heavy atom. The number of aliphatic hydroxyl groups excluding tert-OH is 1. The summed E-state index contributed by atoms with van der Waals surface area (Å²) in [4.78, 5) is 70.8. The third-order valence-corrected chi connectivity index (χ3v) is 8.88. The molecule has 0 heterocycles. The molecule has 0 rings (SSSR count). The molecule has 0 aliphatic rings. The van der Waals surface area contributed by atoms with Gasteiger partial charge in [0.05, 0.1) is 38.6 Å². The van der Waals surface area contributed by atoms with Crippen LogP contribution in [0.15, 0.2) is 24.3 Å². The van der Waals surface area contributed by atoms with Gasteiger partial charge in [-0.2, -0.15) is 0 Å². The smallest absolute Gasteiger partial charge is 0.331 e. The second-order valence-corrected chi connectivity index (χ2v) is 14.4. The molecule has 4 unspecified atom stereocenters. The van der Waals surface area contributed by atoms with Gasteiger partial charge < -0.3 is 33.5 Å². The molecule has 0 bridgehead atoms. The minimum absolute atomic E-state index is 0.00878. The number of ether oxygens (including phenoxy) is 6. The molecule has 0 saturated carbocycles. The van der Waals surface area contributed by atoms with Gasteiger partial charge in [0.1, 0.15) is 6.61 Å². The van der Waals surface area contributed by atoms with E-state index in [1.165, 1.54) is 25.8 Å². The number of hydrogen-bond donors (Lipinski definition) is 1. The standard InChI is InChI=1S/C42H70O13/c1-33(26-30-53-40(47)23-20-37(44)19-18-36(4)50-5)16-21-38(45)51-28-14-12-10-8-6-7-9-11-13-15-29-52-39(46)22-17-34(2)27-31-54-41(48)24-25-42(49)55-32-35(3)43/h20,23-25,33-36,43H,6-19,21-22,26-32H2,1-5H3/b23-20+,25-24+. The lowest BCUT2D eigenvalue weighted by Gasteiger charge is -2.11. The van der Waals surface area contributed by atoms with Crippen LogP contribution in [-0.4, -0.2) is 93.1 Å². The maximum absolute atomic E-state index is 12.1. The molecule has 4 atom stereocenters. The zero-order chi connectivity index (χ0) is 41.1. The van der Waals surface area contributed by atoms with Crippen LogP contribution in [0.3, 0.4) is 0 Å². The number of methoxy groups -OCH3 is 1. The summed E-state index contributed by atoms with van der Waals surface area (Å²) in [5.41, 5.74) is 0. The van der Waals surface area contributed by atoms with Gasteiger partial charge in [0.15, 0.2) is 5.78 Å². The number of aliphatic hydroxyl groups is 1. The summed E-state index contributed by atoms with van der Waals surface area (Å²) in [6.07, 6.45) is 18.3. The Kier molecular flexibility index (Phi) is 32.6. The maximum Gasteiger partial charge on any atom is 0.331 e. The molecule has 55 heavy (non-hydrogen) atoms. The average Bonchev–Trinajstić information content (AvgIpc) is 3.15. The monoisotopic (exact) mass is 782 g/mol. The molecule has 0 aromatic carbocycles. The summed E-state index contributed by atoms with van der Waals surface area (Å²) < 4.78 is 30.8. The Labute approximate surface area is 329 Å². The molecule has 0 saturated heterocycles. The molecule has 13 nitrogen and oxygen atoms in total. The van der Waals surface area contributed by atoms with E-state index in [-0.39, 0.29) is 55.5 Å².